The van der Waals surface area contributed by atoms with E-state index in [9.17, 15) is 0 Å². The molecular weight excluding hydrogens is 270 g/mol. The summed E-state index contributed by atoms with van der Waals surface area (Å²) in [5.41, 5.74) is 8.63. The number of rotatable bonds is 2. The van der Waals surface area contributed by atoms with Gasteiger partial charge in [0.15, 0.2) is 0 Å². The highest BCUT2D eigenvalue weighted by atomic mass is 35.5. The van der Waals surface area contributed by atoms with Gasteiger partial charge in [0.2, 0.25) is 0 Å². The van der Waals surface area contributed by atoms with Crippen LogP contribution in [-0.4, -0.2) is 15.2 Å². The minimum atomic E-state index is 0. The zero-order valence-electron chi connectivity index (χ0n) is 8.29. The third-order valence-corrected chi connectivity index (χ3v) is 1.92. The van der Waals surface area contributed by atoms with Gasteiger partial charge in [0.05, 0.1) is 5.69 Å². The number of nitrogens with zero attached hydrogens (tertiary/aromatic N) is 2. The molecule has 0 bridgehead atoms. The number of nitrogens with two attached hydrogens (primary N) is 1. The van der Waals surface area contributed by atoms with Crippen LogP contribution in [0.4, 0.5) is 0 Å². The van der Waals surface area contributed by atoms with Crippen LogP contribution in [0, 0.1) is 0 Å². The van der Waals surface area contributed by atoms with Gasteiger partial charge in [-0.3, -0.25) is 10.1 Å². The first-order chi connectivity index (χ1) is 6.42. The number of halogens is 3. The Balaban J connectivity index is 0. The fourth-order valence-corrected chi connectivity index (χ4v) is 1.25. The molecule has 0 aliphatic carbocycles. The second-order valence-corrected chi connectivity index (χ2v) is 2.71. The van der Waals surface area contributed by atoms with E-state index < -0.39 is 0 Å². The number of hydrogen-bond acceptors (Lipinski definition) is 3. The summed E-state index contributed by atoms with van der Waals surface area (Å²) in [4.78, 5) is 4.05. The number of aromatic nitrogens is 3. The Hall–Kier alpha value is -0.810. The molecule has 2 aromatic rings. The highest BCUT2D eigenvalue weighted by Gasteiger charge is 2.03. The largest absolute Gasteiger partial charge is 0.326 e. The Morgan fingerprint density at radius 2 is 1.88 bits per heavy atom. The topological polar surface area (TPSA) is 67.6 Å². The summed E-state index contributed by atoms with van der Waals surface area (Å²) in [6.45, 7) is 0.511. The number of hydrogen-bond donors (Lipinski definition) is 2. The van der Waals surface area contributed by atoms with Crippen LogP contribution in [-0.2, 0) is 6.54 Å². The maximum absolute atomic E-state index is 5.59. The van der Waals surface area contributed by atoms with Crippen molar-refractivity contribution >= 4 is 37.2 Å². The van der Waals surface area contributed by atoms with E-state index in [0.717, 1.165) is 16.8 Å². The summed E-state index contributed by atoms with van der Waals surface area (Å²) < 4.78 is 0. The molecule has 0 radical (unpaired) electrons. The lowest BCUT2D eigenvalue weighted by Gasteiger charge is -2.03. The summed E-state index contributed by atoms with van der Waals surface area (Å²) in [5.74, 6) is 0. The predicted octanol–water partition coefficient (Wildman–Crippen LogP) is 2.20. The lowest BCUT2D eigenvalue weighted by molar-refractivity contribution is 1.04. The zero-order chi connectivity index (χ0) is 9.10. The third-order valence-electron chi connectivity index (χ3n) is 1.92. The molecule has 0 atom stereocenters. The van der Waals surface area contributed by atoms with E-state index in [-0.39, 0.29) is 37.2 Å². The first kappa shape index (κ1) is 17.6. The second kappa shape index (κ2) is 8.35. The van der Waals surface area contributed by atoms with E-state index in [4.69, 9.17) is 5.73 Å². The predicted molar refractivity (Wildman–Crippen MR) is 71.5 cm³/mol. The van der Waals surface area contributed by atoms with Crippen molar-refractivity contribution in [2.45, 2.75) is 6.54 Å². The van der Waals surface area contributed by atoms with Crippen LogP contribution in [0.25, 0.3) is 11.3 Å². The first-order valence-corrected chi connectivity index (χ1v) is 4.04. The van der Waals surface area contributed by atoms with E-state index in [0.29, 0.717) is 6.54 Å². The highest BCUT2D eigenvalue weighted by molar-refractivity contribution is 5.86. The van der Waals surface area contributed by atoms with Crippen LogP contribution in [0.2, 0.25) is 0 Å². The molecule has 0 aromatic carbocycles. The van der Waals surface area contributed by atoms with Crippen LogP contribution in [0.5, 0.6) is 0 Å². The van der Waals surface area contributed by atoms with E-state index >= 15 is 0 Å². The van der Waals surface area contributed by atoms with Crippen molar-refractivity contribution < 1.29 is 0 Å². The Labute approximate surface area is 112 Å². The number of nitrogens with one attached hydrogen (secondary N) is 1. The van der Waals surface area contributed by atoms with Crippen LogP contribution >= 0.6 is 37.2 Å². The Bertz CT molecular complexity index is 391. The Kier molecular flexibility index (Phi) is 9.18. The number of H-pyrrole nitrogens is 1. The maximum atomic E-state index is 5.59. The molecule has 2 rings (SSSR count). The van der Waals surface area contributed by atoms with Crippen LogP contribution < -0.4 is 5.73 Å². The number of pyridine rings is 1. The molecule has 2 heterocycles. The van der Waals surface area contributed by atoms with Gasteiger partial charge < -0.3 is 5.73 Å². The van der Waals surface area contributed by atoms with E-state index in [1.165, 1.54) is 0 Å². The molecule has 0 aliphatic rings. The average molecular weight is 284 g/mol. The van der Waals surface area contributed by atoms with Gasteiger partial charge in [0.25, 0.3) is 0 Å². The molecule has 7 heteroatoms. The van der Waals surface area contributed by atoms with Crippen molar-refractivity contribution in [1.29, 1.82) is 0 Å². The second-order valence-electron chi connectivity index (χ2n) is 2.71. The maximum Gasteiger partial charge on any atom is 0.0668 e. The Morgan fingerprint density at radius 1 is 1.12 bits per heavy atom. The summed E-state index contributed by atoms with van der Waals surface area (Å²) in [5, 5.41) is 6.76. The Morgan fingerprint density at radius 3 is 2.44 bits per heavy atom. The van der Waals surface area contributed by atoms with Gasteiger partial charge in [-0.1, -0.05) is 0 Å². The van der Waals surface area contributed by atoms with Crippen molar-refractivity contribution in [2.24, 2.45) is 5.73 Å². The molecule has 16 heavy (non-hydrogen) atoms. The fourth-order valence-electron chi connectivity index (χ4n) is 1.25. The molecule has 0 unspecified atom stereocenters. The van der Waals surface area contributed by atoms with E-state index in [1.54, 1.807) is 18.6 Å². The smallest absolute Gasteiger partial charge is 0.0668 e. The van der Waals surface area contributed by atoms with Crippen LogP contribution in [0.3, 0.4) is 0 Å². The molecule has 4 nitrogen and oxygen atoms in total. The van der Waals surface area contributed by atoms with Crippen molar-refractivity contribution in [2.75, 3.05) is 0 Å². The fraction of sp³-hybridized carbons (Fsp3) is 0.111. The highest BCUT2D eigenvalue weighted by Crippen LogP contribution is 2.18. The third kappa shape index (κ3) is 3.64. The van der Waals surface area contributed by atoms with Gasteiger partial charge in [-0.05, 0) is 17.7 Å². The molecular formula is C9H13Cl3N4. The van der Waals surface area contributed by atoms with Crippen molar-refractivity contribution in [3.05, 3.63) is 36.3 Å². The quantitative estimate of drug-likeness (QED) is 0.888. The van der Waals surface area contributed by atoms with Crippen molar-refractivity contribution in [1.82, 2.24) is 15.2 Å². The molecule has 2 aromatic heterocycles. The van der Waals surface area contributed by atoms with E-state index in [2.05, 4.69) is 15.2 Å². The van der Waals surface area contributed by atoms with Crippen LogP contribution in [0.1, 0.15) is 5.56 Å². The summed E-state index contributed by atoms with van der Waals surface area (Å²) in [6, 6.07) is 3.81. The lowest BCUT2D eigenvalue weighted by atomic mass is 10.1. The molecule has 0 saturated carbocycles. The molecule has 0 spiro atoms. The summed E-state index contributed by atoms with van der Waals surface area (Å²) in [6.07, 6.45) is 5.24. The monoisotopic (exact) mass is 282 g/mol. The summed E-state index contributed by atoms with van der Waals surface area (Å²) >= 11 is 0. The molecule has 90 valence electrons. The van der Waals surface area contributed by atoms with Gasteiger partial charge in [0.1, 0.15) is 0 Å². The lowest BCUT2D eigenvalue weighted by Crippen LogP contribution is -1.99. The van der Waals surface area contributed by atoms with Gasteiger partial charge in [-0.2, -0.15) is 5.10 Å². The number of aromatic amines is 1. The summed E-state index contributed by atoms with van der Waals surface area (Å²) in [7, 11) is 0. The van der Waals surface area contributed by atoms with Gasteiger partial charge in [-0.15, -0.1) is 37.2 Å². The van der Waals surface area contributed by atoms with Gasteiger partial charge in [0, 0.05) is 30.7 Å². The van der Waals surface area contributed by atoms with Crippen molar-refractivity contribution in [3.8, 4) is 11.3 Å². The zero-order valence-corrected chi connectivity index (χ0v) is 10.7. The molecule has 0 saturated heterocycles. The van der Waals surface area contributed by atoms with E-state index in [1.807, 2.05) is 12.1 Å². The van der Waals surface area contributed by atoms with Crippen molar-refractivity contribution in [3.63, 3.8) is 0 Å². The minimum Gasteiger partial charge on any atom is -0.326 e. The standard InChI is InChI=1S/C9H10N4.3ClH/c10-5-7-1-3-11-6-8(7)9-2-4-12-13-9;;;/h1-4,6H,5,10H2,(H,12,13);3*1H. The molecule has 0 amide bonds. The SMILES string of the molecule is Cl.Cl.Cl.NCc1ccncc1-c1ccn[nH]1. The molecule has 0 aliphatic heterocycles. The minimum absolute atomic E-state index is 0. The molecule has 0 fully saturated rings. The van der Waals surface area contributed by atoms with Gasteiger partial charge >= 0.3 is 0 Å². The first-order valence-electron chi connectivity index (χ1n) is 4.04. The van der Waals surface area contributed by atoms with Gasteiger partial charge in [-0.25, -0.2) is 0 Å². The average Bonchev–Trinajstić information content (AvgIpc) is 2.70. The normalized spacial score (nSPS) is 8.31. The molecule has 3 N–H and O–H groups in total. The van der Waals surface area contributed by atoms with Crippen LogP contribution in [0.15, 0.2) is 30.7 Å².